The summed E-state index contributed by atoms with van der Waals surface area (Å²) in [5, 5.41) is 5.99. The van der Waals surface area contributed by atoms with Gasteiger partial charge in [-0.25, -0.2) is 0 Å². The number of carbonyl (C=O) groups excluding carboxylic acids is 1. The van der Waals surface area contributed by atoms with E-state index in [0.29, 0.717) is 18.3 Å². The third kappa shape index (κ3) is 4.69. The lowest BCUT2D eigenvalue weighted by Gasteiger charge is -2.11. The van der Waals surface area contributed by atoms with E-state index in [2.05, 4.69) is 10.6 Å². The number of hydrogen-bond donors (Lipinski definition) is 3. The maximum absolute atomic E-state index is 11.6. The van der Waals surface area contributed by atoms with Crippen LogP contribution in [0.3, 0.4) is 0 Å². The third-order valence-electron chi connectivity index (χ3n) is 2.80. The van der Waals surface area contributed by atoms with Gasteiger partial charge in [0.25, 0.3) is 0 Å². The Bertz CT molecular complexity index is 444. The van der Waals surface area contributed by atoms with E-state index >= 15 is 0 Å². The zero-order valence-corrected chi connectivity index (χ0v) is 11.2. The number of carbonyl (C=O) groups is 1. The largest absolute Gasteiger partial charge is 0.493 e. The molecule has 104 valence electrons. The average Bonchev–Trinajstić information content (AvgIpc) is 3.17. The smallest absolute Gasteiger partial charge is 0.239 e. The van der Waals surface area contributed by atoms with Crippen LogP contribution in [0.1, 0.15) is 26.2 Å². The molecule has 5 nitrogen and oxygen atoms in total. The molecule has 1 aromatic rings. The summed E-state index contributed by atoms with van der Waals surface area (Å²) in [4.78, 5) is 11.6. The van der Waals surface area contributed by atoms with Gasteiger partial charge >= 0.3 is 0 Å². The number of benzene rings is 1. The molecule has 1 fully saturated rings. The monoisotopic (exact) mass is 263 g/mol. The molecule has 1 aliphatic carbocycles. The lowest BCUT2D eigenvalue weighted by Crippen LogP contribution is -2.31. The van der Waals surface area contributed by atoms with Gasteiger partial charge in [-0.3, -0.25) is 4.79 Å². The van der Waals surface area contributed by atoms with Crippen LogP contribution in [0.5, 0.6) is 5.75 Å². The zero-order valence-electron chi connectivity index (χ0n) is 11.2. The van der Waals surface area contributed by atoms with E-state index < -0.39 is 0 Å². The van der Waals surface area contributed by atoms with Gasteiger partial charge in [0.2, 0.25) is 5.91 Å². The van der Waals surface area contributed by atoms with Crippen LogP contribution in [0.15, 0.2) is 18.2 Å². The predicted molar refractivity (Wildman–Crippen MR) is 76.3 cm³/mol. The van der Waals surface area contributed by atoms with E-state index in [9.17, 15) is 4.79 Å². The molecule has 19 heavy (non-hydrogen) atoms. The van der Waals surface area contributed by atoms with E-state index in [0.717, 1.165) is 30.7 Å². The van der Waals surface area contributed by atoms with Crippen molar-refractivity contribution in [1.29, 1.82) is 0 Å². The van der Waals surface area contributed by atoms with Crippen molar-refractivity contribution < 1.29 is 9.53 Å². The van der Waals surface area contributed by atoms with Gasteiger partial charge in [-0.15, -0.1) is 0 Å². The molecule has 0 saturated heterocycles. The summed E-state index contributed by atoms with van der Waals surface area (Å²) < 4.78 is 5.54. The first-order valence-electron chi connectivity index (χ1n) is 6.74. The van der Waals surface area contributed by atoms with Crippen molar-refractivity contribution in [2.24, 2.45) is 0 Å². The maximum Gasteiger partial charge on any atom is 0.239 e. The second-order valence-corrected chi connectivity index (χ2v) is 4.83. The molecule has 1 aromatic carbocycles. The molecule has 0 spiro atoms. The van der Waals surface area contributed by atoms with E-state index in [1.165, 1.54) is 0 Å². The molecule has 2 rings (SSSR count). The number of amides is 1. The standard InChI is InChI=1S/C14H21N3O2/c1-2-5-19-13-7-10(15)6-12(8-13)16-9-14(18)17-11-3-4-11/h6-8,11,16H,2-5,9,15H2,1H3,(H,17,18). The topological polar surface area (TPSA) is 76.4 Å². The summed E-state index contributed by atoms with van der Waals surface area (Å²) in [5.41, 5.74) is 7.23. The summed E-state index contributed by atoms with van der Waals surface area (Å²) in [6, 6.07) is 5.82. The van der Waals surface area contributed by atoms with Gasteiger partial charge in [0.05, 0.1) is 13.2 Å². The number of rotatable bonds is 7. The average molecular weight is 263 g/mol. The van der Waals surface area contributed by atoms with E-state index in [1.54, 1.807) is 12.1 Å². The fourth-order valence-corrected chi connectivity index (χ4v) is 1.72. The van der Waals surface area contributed by atoms with Gasteiger partial charge in [0.15, 0.2) is 0 Å². The highest BCUT2D eigenvalue weighted by Gasteiger charge is 2.22. The van der Waals surface area contributed by atoms with Gasteiger partial charge in [-0.2, -0.15) is 0 Å². The Kier molecular flexibility index (Phi) is 4.49. The molecule has 0 atom stereocenters. The molecule has 5 heteroatoms. The van der Waals surface area contributed by atoms with Crippen molar-refractivity contribution in [2.75, 3.05) is 24.2 Å². The number of ether oxygens (including phenoxy) is 1. The first kappa shape index (κ1) is 13.5. The Hall–Kier alpha value is -1.91. The second kappa shape index (κ2) is 6.31. The summed E-state index contributed by atoms with van der Waals surface area (Å²) in [7, 11) is 0. The van der Waals surface area contributed by atoms with Gasteiger partial charge in [0, 0.05) is 29.5 Å². The van der Waals surface area contributed by atoms with Gasteiger partial charge in [0.1, 0.15) is 5.75 Å². The second-order valence-electron chi connectivity index (χ2n) is 4.83. The predicted octanol–water partition coefficient (Wildman–Crippen LogP) is 1.75. The molecule has 1 aliphatic rings. The fourth-order valence-electron chi connectivity index (χ4n) is 1.72. The van der Waals surface area contributed by atoms with Crippen LogP contribution in [0, 0.1) is 0 Å². The lowest BCUT2D eigenvalue weighted by molar-refractivity contribution is -0.119. The molecule has 4 N–H and O–H groups in total. The van der Waals surface area contributed by atoms with Crippen LogP contribution in [-0.4, -0.2) is 25.1 Å². The Labute approximate surface area is 113 Å². The number of hydrogen-bond acceptors (Lipinski definition) is 4. The molecule has 1 amide bonds. The van der Waals surface area contributed by atoms with Crippen LogP contribution >= 0.6 is 0 Å². The molecule has 0 bridgehead atoms. The highest BCUT2D eigenvalue weighted by Crippen LogP contribution is 2.23. The van der Waals surface area contributed by atoms with Crippen molar-refractivity contribution in [3.63, 3.8) is 0 Å². The minimum Gasteiger partial charge on any atom is -0.493 e. The minimum absolute atomic E-state index is 0.0148. The van der Waals surface area contributed by atoms with E-state index in [4.69, 9.17) is 10.5 Å². The molecule has 1 saturated carbocycles. The number of nitrogen functional groups attached to an aromatic ring is 1. The first-order valence-corrected chi connectivity index (χ1v) is 6.74. The lowest BCUT2D eigenvalue weighted by atomic mass is 10.2. The van der Waals surface area contributed by atoms with Crippen LogP contribution < -0.4 is 21.1 Å². The third-order valence-corrected chi connectivity index (χ3v) is 2.80. The number of nitrogens with two attached hydrogens (primary N) is 1. The molecular weight excluding hydrogens is 242 g/mol. The molecule has 0 radical (unpaired) electrons. The van der Waals surface area contributed by atoms with Crippen LogP contribution in [-0.2, 0) is 4.79 Å². The molecule has 0 heterocycles. The Balaban J connectivity index is 1.87. The molecule has 0 aliphatic heterocycles. The van der Waals surface area contributed by atoms with Gasteiger partial charge in [-0.1, -0.05) is 6.92 Å². The highest BCUT2D eigenvalue weighted by molar-refractivity contribution is 5.81. The van der Waals surface area contributed by atoms with Crippen LogP contribution in [0.25, 0.3) is 0 Å². The van der Waals surface area contributed by atoms with Crippen LogP contribution in [0.2, 0.25) is 0 Å². The van der Waals surface area contributed by atoms with Crippen molar-refractivity contribution in [3.8, 4) is 5.75 Å². The van der Waals surface area contributed by atoms with E-state index in [1.807, 2.05) is 13.0 Å². The Morgan fingerprint density at radius 1 is 1.42 bits per heavy atom. The fraction of sp³-hybridized carbons (Fsp3) is 0.500. The highest BCUT2D eigenvalue weighted by atomic mass is 16.5. The maximum atomic E-state index is 11.6. The quantitative estimate of drug-likeness (QED) is 0.655. The van der Waals surface area contributed by atoms with Gasteiger partial charge in [-0.05, 0) is 25.3 Å². The Morgan fingerprint density at radius 3 is 2.89 bits per heavy atom. The summed E-state index contributed by atoms with van der Waals surface area (Å²) in [5.74, 6) is 0.743. The molecule has 0 unspecified atom stereocenters. The summed E-state index contributed by atoms with van der Waals surface area (Å²) in [6.45, 7) is 2.96. The van der Waals surface area contributed by atoms with Crippen molar-refractivity contribution in [3.05, 3.63) is 18.2 Å². The minimum atomic E-state index is 0.0148. The van der Waals surface area contributed by atoms with Crippen molar-refractivity contribution in [1.82, 2.24) is 5.32 Å². The normalized spacial score (nSPS) is 13.9. The summed E-state index contributed by atoms with van der Waals surface area (Å²) >= 11 is 0. The number of nitrogens with one attached hydrogen (secondary N) is 2. The zero-order chi connectivity index (χ0) is 13.7. The Morgan fingerprint density at radius 2 is 2.21 bits per heavy atom. The number of anilines is 2. The first-order chi connectivity index (χ1) is 9.17. The van der Waals surface area contributed by atoms with E-state index in [-0.39, 0.29) is 12.5 Å². The van der Waals surface area contributed by atoms with Gasteiger partial charge < -0.3 is 21.1 Å². The SMILES string of the molecule is CCCOc1cc(N)cc(NCC(=O)NC2CC2)c1. The molecular formula is C14H21N3O2. The van der Waals surface area contributed by atoms with Crippen LogP contribution in [0.4, 0.5) is 11.4 Å². The summed E-state index contributed by atoms with van der Waals surface area (Å²) in [6.07, 6.45) is 3.14. The molecule has 0 aromatic heterocycles. The van der Waals surface area contributed by atoms with Crippen molar-refractivity contribution in [2.45, 2.75) is 32.2 Å². The van der Waals surface area contributed by atoms with Crippen molar-refractivity contribution >= 4 is 17.3 Å².